The monoisotopic (exact) mass is 239 g/mol. The van der Waals surface area contributed by atoms with E-state index in [9.17, 15) is 0 Å². The molecule has 0 amide bonds. The molecular weight excluding hydrogens is 214 g/mol. The third-order valence-electron chi connectivity index (χ3n) is 2.83. The van der Waals surface area contributed by atoms with Crippen molar-refractivity contribution < 1.29 is 0 Å². The van der Waals surface area contributed by atoms with E-state index >= 15 is 0 Å². The average molecular weight is 239 g/mol. The standard InChI is InChI=1S/C12H25N5/c1-3-14-12-16-15-11(17(12)4-2)9-7-5-6-8-10-13/h3-10,13H2,1-2H3,(H,14,16). The molecule has 5 nitrogen and oxygen atoms in total. The fraction of sp³-hybridized carbons (Fsp3) is 0.833. The largest absolute Gasteiger partial charge is 0.355 e. The molecule has 98 valence electrons. The first-order valence-electron chi connectivity index (χ1n) is 6.69. The summed E-state index contributed by atoms with van der Waals surface area (Å²) in [6.45, 7) is 6.81. The molecule has 3 N–H and O–H groups in total. The van der Waals surface area contributed by atoms with E-state index in [0.717, 1.165) is 44.2 Å². The van der Waals surface area contributed by atoms with Crippen molar-refractivity contribution in [2.24, 2.45) is 5.73 Å². The van der Waals surface area contributed by atoms with Crippen LogP contribution in [0, 0.1) is 0 Å². The molecular formula is C12H25N5. The van der Waals surface area contributed by atoms with Gasteiger partial charge in [0.2, 0.25) is 5.95 Å². The van der Waals surface area contributed by atoms with E-state index in [1.54, 1.807) is 0 Å². The molecule has 1 rings (SSSR count). The van der Waals surface area contributed by atoms with Crippen LogP contribution in [0.1, 0.15) is 45.4 Å². The van der Waals surface area contributed by atoms with Crippen molar-refractivity contribution in [2.75, 3.05) is 18.4 Å². The number of nitrogens with one attached hydrogen (secondary N) is 1. The summed E-state index contributed by atoms with van der Waals surface area (Å²) < 4.78 is 2.16. The molecule has 0 aliphatic carbocycles. The summed E-state index contributed by atoms with van der Waals surface area (Å²) in [5.74, 6) is 1.99. The zero-order valence-corrected chi connectivity index (χ0v) is 11.1. The zero-order valence-electron chi connectivity index (χ0n) is 11.1. The van der Waals surface area contributed by atoms with Gasteiger partial charge in [0.15, 0.2) is 0 Å². The summed E-state index contributed by atoms with van der Waals surface area (Å²) in [5, 5.41) is 11.7. The number of nitrogens with zero attached hydrogens (tertiary/aromatic N) is 3. The summed E-state index contributed by atoms with van der Waals surface area (Å²) in [7, 11) is 0. The summed E-state index contributed by atoms with van der Waals surface area (Å²) in [4.78, 5) is 0. The molecule has 1 heterocycles. The van der Waals surface area contributed by atoms with E-state index in [2.05, 4.69) is 33.9 Å². The fourth-order valence-electron chi connectivity index (χ4n) is 1.92. The molecule has 0 aliphatic heterocycles. The number of unbranched alkanes of at least 4 members (excludes halogenated alkanes) is 3. The van der Waals surface area contributed by atoms with Crippen LogP contribution < -0.4 is 11.1 Å². The van der Waals surface area contributed by atoms with Gasteiger partial charge in [-0.1, -0.05) is 12.8 Å². The van der Waals surface area contributed by atoms with Crippen LogP contribution in [-0.4, -0.2) is 27.9 Å². The quantitative estimate of drug-likeness (QED) is 0.645. The Balaban J connectivity index is 2.41. The maximum Gasteiger partial charge on any atom is 0.224 e. The van der Waals surface area contributed by atoms with E-state index in [1.165, 1.54) is 19.3 Å². The van der Waals surface area contributed by atoms with Crippen LogP contribution in [0.5, 0.6) is 0 Å². The van der Waals surface area contributed by atoms with Gasteiger partial charge in [0.25, 0.3) is 0 Å². The van der Waals surface area contributed by atoms with Crippen molar-refractivity contribution in [1.29, 1.82) is 0 Å². The topological polar surface area (TPSA) is 68.8 Å². The van der Waals surface area contributed by atoms with Crippen LogP contribution in [0.2, 0.25) is 0 Å². The second-order valence-corrected chi connectivity index (χ2v) is 4.17. The molecule has 0 fully saturated rings. The number of aromatic nitrogens is 3. The van der Waals surface area contributed by atoms with Gasteiger partial charge >= 0.3 is 0 Å². The van der Waals surface area contributed by atoms with Crippen molar-refractivity contribution in [3.8, 4) is 0 Å². The van der Waals surface area contributed by atoms with Gasteiger partial charge in [-0.15, -0.1) is 10.2 Å². The van der Waals surface area contributed by atoms with Gasteiger partial charge in [0.1, 0.15) is 5.82 Å². The first-order valence-corrected chi connectivity index (χ1v) is 6.69. The fourth-order valence-corrected chi connectivity index (χ4v) is 1.92. The van der Waals surface area contributed by atoms with Gasteiger partial charge in [0.05, 0.1) is 0 Å². The Hall–Kier alpha value is -1.10. The smallest absolute Gasteiger partial charge is 0.224 e. The van der Waals surface area contributed by atoms with Gasteiger partial charge in [0, 0.05) is 19.5 Å². The highest BCUT2D eigenvalue weighted by atomic mass is 15.3. The van der Waals surface area contributed by atoms with E-state index in [4.69, 9.17) is 5.73 Å². The Kier molecular flexibility index (Phi) is 6.62. The molecule has 0 saturated carbocycles. The maximum atomic E-state index is 5.47. The number of hydrogen-bond acceptors (Lipinski definition) is 4. The molecule has 0 aliphatic rings. The minimum atomic E-state index is 0.801. The molecule has 1 aromatic rings. The van der Waals surface area contributed by atoms with Crippen LogP contribution in [0.3, 0.4) is 0 Å². The SMILES string of the molecule is CCNc1nnc(CCCCCCN)n1CC. The van der Waals surface area contributed by atoms with E-state index in [1.807, 2.05) is 0 Å². The molecule has 0 aromatic carbocycles. The number of nitrogens with two attached hydrogens (primary N) is 1. The van der Waals surface area contributed by atoms with Crippen LogP contribution >= 0.6 is 0 Å². The van der Waals surface area contributed by atoms with Crippen molar-refractivity contribution in [2.45, 2.75) is 52.5 Å². The van der Waals surface area contributed by atoms with E-state index in [-0.39, 0.29) is 0 Å². The van der Waals surface area contributed by atoms with Crippen molar-refractivity contribution in [1.82, 2.24) is 14.8 Å². The lowest BCUT2D eigenvalue weighted by Gasteiger charge is -2.07. The van der Waals surface area contributed by atoms with Gasteiger partial charge in [-0.3, -0.25) is 4.57 Å². The normalized spacial score (nSPS) is 10.8. The minimum Gasteiger partial charge on any atom is -0.355 e. The van der Waals surface area contributed by atoms with Crippen LogP contribution in [0.25, 0.3) is 0 Å². The van der Waals surface area contributed by atoms with E-state index in [0.29, 0.717) is 0 Å². The molecule has 1 aromatic heterocycles. The zero-order chi connectivity index (χ0) is 12.5. The van der Waals surface area contributed by atoms with Crippen molar-refractivity contribution in [3.63, 3.8) is 0 Å². The molecule has 5 heteroatoms. The third kappa shape index (κ3) is 4.34. The van der Waals surface area contributed by atoms with Crippen molar-refractivity contribution in [3.05, 3.63) is 5.82 Å². The summed E-state index contributed by atoms with van der Waals surface area (Å²) in [6, 6.07) is 0. The number of rotatable bonds is 9. The maximum absolute atomic E-state index is 5.47. The molecule has 0 saturated heterocycles. The Morgan fingerprint density at radius 2 is 1.88 bits per heavy atom. The van der Waals surface area contributed by atoms with Crippen LogP contribution in [0.15, 0.2) is 0 Å². The predicted octanol–water partition coefficient (Wildman–Crippen LogP) is 1.79. The Labute approximate surface area is 104 Å². The van der Waals surface area contributed by atoms with E-state index < -0.39 is 0 Å². The molecule has 0 radical (unpaired) electrons. The molecule has 0 atom stereocenters. The molecule has 0 unspecified atom stereocenters. The lowest BCUT2D eigenvalue weighted by Crippen LogP contribution is -2.08. The number of hydrogen-bond donors (Lipinski definition) is 2. The Bertz CT molecular complexity index is 308. The van der Waals surface area contributed by atoms with Gasteiger partial charge in [-0.05, 0) is 33.2 Å². The molecule has 0 spiro atoms. The number of aryl methyl sites for hydroxylation is 1. The average Bonchev–Trinajstić information content (AvgIpc) is 2.72. The molecule has 17 heavy (non-hydrogen) atoms. The van der Waals surface area contributed by atoms with Crippen LogP contribution in [0.4, 0.5) is 5.95 Å². The highest BCUT2D eigenvalue weighted by Crippen LogP contribution is 2.11. The van der Waals surface area contributed by atoms with Crippen LogP contribution in [-0.2, 0) is 13.0 Å². The lowest BCUT2D eigenvalue weighted by molar-refractivity contribution is 0.612. The highest BCUT2D eigenvalue weighted by molar-refractivity contribution is 5.25. The Morgan fingerprint density at radius 1 is 1.12 bits per heavy atom. The summed E-state index contributed by atoms with van der Waals surface area (Å²) in [6.07, 6.45) is 5.76. The summed E-state index contributed by atoms with van der Waals surface area (Å²) in [5.41, 5.74) is 5.47. The molecule has 0 bridgehead atoms. The van der Waals surface area contributed by atoms with Gasteiger partial charge in [-0.25, -0.2) is 0 Å². The first kappa shape index (κ1) is 14.0. The van der Waals surface area contributed by atoms with Crippen molar-refractivity contribution >= 4 is 5.95 Å². The highest BCUT2D eigenvalue weighted by Gasteiger charge is 2.08. The second-order valence-electron chi connectivity index (χ2n) is 4.17. The number of anilines is 1. The first-order chi connectivity index (χ1) is 8.33. The summed E-state index contributed by atoms with van der Waals surface area (Å²) >= 11 is 0. The Morgan fingerprint density at radius 3 is 2.53 bits per heavy atom. The van der Waals surface area contributed by atoms with Gasteiger partial charge in [-0.2, -0.15) is 0 Å². The lowest BCUT2D eigenvalue weighted by atomic mass is 10.1. The second kappa shape index (κ2) is 8.06. The van der Waals surface area contributed by atoms with Gasteiger partial charge < -0.3 is 11.1 Å². The predicted molar refractivity (Wildman–Crippen MR) is 71.1 cm³/mol. The third-order valence-corrected chi connectivity index (χ3v) is 2.83. The minimum absolute atomic E-state index is 0.801.